The number of nitrogens with zero attached hydrogens (tertiary/aromatic N) is 3. The molecule has 0 bridgehead atoms. The van der Waals surface area contributed by atoms with Crippen molar-refractivity contribution in [3.8, 4) is 0 Å². The number of urea groups is 1. The van der Waals surface area contributed by atoms with Crippen molar-refractivity contribution in [1.29, 1.82) is 0 Å². The molecule has 3 rings (SSSR count). The molecule has 1 saturated heterocycles. The number of aromatic nitrogens is 2. The molecule has 0 atom stereocenters. The number of nitrogens with one attached hydrogen (secondary N) is 1. The summed E-state index contributed by atoms with van der Waals surface area (Å²) in [6, 6.07) is -0.344. The first-order valence-corrected chi connectivity index (χ1v) is 6.59. The third-order valence-electron chi connectivity index (χ3n) is 3.70. The molecule has 1 aromatic rings. The Labute approximate surface area is 115 Å². The van der Waals surface area contributed by atoms with E-state index in [1.165, 1.54) is 17.3 Å². The van der Waals surface area contributed by atoms with Crippen LogP contribution in [0.2, 0.25) is 5.15 Å². The molecular formula is C12H13ClN4O2. The Hall–Kier alpha value is -1.69. The Kier molecular flexibility index (Phi) is 2.89. The summed E-state index contributed by atoms with van der Waals surface area (Å²) >= 11 is 5.65. The summed E-state index contributed by atoms with van der Waals surface area (Å²) in [7, 11) is 0. The maximum Gasteiger partial charge on any atom is 0.325 e. The van der Waals surface area contributed by atoms with E-state index in [9.17, 15) is 9.59 Å². The Morgan fingerprint density at radius 2 is 2.00 bits per heavy atom. The highest BCUT2D eigenvalue weighted by Crippen LogP contribution is 2.35. The van der Waals surface area contributed by atoms with Gasteiger partial charge in [0, 0.05) is 0 Å². The SMILES string of the molecule is O=C1NC2(CCCC2)C(=O)N1Cc1cnc(Cl)cn1. The number of carbonyl (C=O) groups is 2. The second-order valence-electron chi connectivity index (χ2n) is 4.94. The van der Waals surface area contributed by atoms with Gasteiger partial charge in [0.25, 0.3) is 5.91 Å². The van der Waals surface area contributed by atoms with Gasteiger partial charge in [-0.05, 0) is 12.8 Å². The average molecular weight is 281 g/mol. The van der Waals surface area contributed by atoms with Gasteiger partial charge in [0.05, 0.1) is 24.6 Å². The molecule has 7 heteroatoms. The number of amides is 3. The monoisotopic (exact) mass is 280 g/mol. The molecule has 1 spiro atoms. The Bertz CT molecular complexity index is 525. The van der Waals surface area contributed by atoms with Gasteiger partial charge in [0.1, 0.15) is 10.7 Å². The normalized spacial score (nSPS) is 21.2. The maximum atomic E-state index is 12.4. The zero-order chi connectivity index (χ0) is 13.5. The van der Waals surface area contributed by atoms with E-state index in [1.54, 1.807) is 0 Å². The van der Waals surface area contributed by atoms with Crippen LogP contribution in [0.1, 0.15) is 31.4 Å². The van der Waals surface area contributed by atoms with Gasteiger partial charge in [-0.15, -0.1) is 0 Å². The predicted octanol–water partition coefficient (Wildman–Crippen LogP) is 1.49. The van der Waals surface area contributed by atoms with Crippen LogP contribution in [0.15, 0.2) is 12.4 Å². The van der Waals surface area contributed by atoms with Crippen molar-refractivity contribution in [1.82, 2.24) is 20.2 Å². The highest BCUT2D eigenvalue weighted by Gasteiger charge is 2.52. The van der Waals surface area contributed by atoms with E-state index in [0.29, 0.717) is 5.69 Å². The quantitative estimate of drug-likeness (QED) is 0.833. The molecule has 2 fully saturated rings. The summed E-state index contributed by atoms with van der Waals surface area (Å²) in [4.78, 5) is 33.5. The van der Waals surface area contributed by atoms with Gasteiger partial charge < -0.3 is 5.32 Å². The lowest BCUT2D eigenvalue weighted by Gasteiger charge is -2.19. The van der Waals surface area contributed by atoms with Crippen molar-refractivity contribution in [2.45, 2.75) is 37.8 Å². The summed E-state index contributed by atoms with van der Waals surface area (Å²) in [6.07, 6.45) is 6.27. The van der Waals surface area contributed by atoms with Crippen molar-refractivity contribution < 1.29 is 9.59 Å². The van der Waals surface area contributed by atoms with Crippen LogP contribution in [0.5, 0.6) is 0 Å². The summed E-state index contributed by atoms with van der Waals surface area (Å²) in [6.45, 7) is 0.136. The first kappa shape index (κ1) is 12.3. The highest BCUT2D eigenvalue weighted by molar-refractivity contribution is 6.29. The first-order chi connectivity index (χ1) is 9.11. The van der Waals surface area contributed by atoms with Gasteiger partial charge in [0.2, 0.25) is 0 Å². The number of hydrogen-bond donors (Lipinski definition) is 1. The molecule has 2 aliphatic rings. The van der Waals surface area contributed by atoms with Gasteiger partial charge in [-0.2, -0.15) is 0 Å². The van der Waals surface area contributed by atoms with E-state index in [1.807, 2.05) is 0 Å². The third kappa shape index (κ3) is 2.06. The Morgan fingerprint density at radius 3 is 2.63 bits per heavy atom. The fourth-order valence-corrected chi connectivity index (χ4v) is 2.82. The molecule has 0 aromatic carbocycles. The summed E-state index contributed by atoms with van der Waals surface area (Å²) in [5, 5.41) is 3.11. The topological polar surface area (TPSA) is 75.2 Å². The second kappa shape index (κ2) is 4.45. The summed E-state index contributed by atoms with van der Waals surface area (Å²) in [5.41, 5.74) is -0.125. The Balaban J connectivity index is 1.79. The number of hydrogen-bond acceptors (Lipinski definition) is 4. The fraction of sp³-hybridized carbons (Fsp3) is 0.500. The smallest absolute Gasteiger partial charge is 0.323 e. The fourth-order valence-electron chi connectivity index (χ4n) is 2.72. The minimum absolute atomic E-state index is 0.136. The molecule has 0 radical (unpaired) electrons. The summed E-state index contributed by atoms with van der Waals surface area (Å²) in [5.74, 6) is -0.147. The van der Waals surface area contributed by atoms with Crippen LogP contribution in [0.3, 0.4) is 0 Å². The van der Waals surface area contributed by atoms with Crippen molar-refractivity contribution >= 4 is 23.5 Å². The molecular weight excluding hydrogens is 268 g/mol. The van der Waals surface area contributed by atoms with E-state index in [4.69, 9.17) is 11.6 Å². The number of rotatable bonds is 2. The minimum atomic E-state index is -0.670. The molecule has 1 aromatic heterocycles. The van der Waals surface area contributed by atoms with E-state index < -0.39 is 5.54 Å². The Morgan fingerprint density at radius 1 is 1.26 bits per heavy atom. The zero-order valence-corrected chi connectivity index (χ0v) is 11.0. The van der Waals surface area contributed by atoms with Crippen LogP contribution < -0.4 is 5.32 Å². The van der Waals surface area contributed by atoms with Crippen LogP contribution in [0.4, 0.5) is 4.79 Å². The van der Waals surface area contributed by atoms with Crippen LogP contribution in [-0.4, -0.2) is 32.3 Å². The van der Waals surface area contributed by atoms with Crippen LogP contribution in [-0.2, 0) is 11.3 Å². The largest absolute Gasteiger partial charge is 0.325 e. The molecule has 1 saturated carbocycles. The van der Waals surface area contributed by atoms with Crippen molar-refractivity contribution in [2.75, 3.05) is 0 Å². The molecule has 3 amide bonds. The molecule has 1 N–H and O–H groups in total. The van der Waals surface area contributed by atoms with E-state index >= 15 is 0 Å². The van der Waals surface area contributed by atoms with Crippen molar-refractivity contribution in [3.63, 3.8) is 0 Å². The van der Waals surface area contributed by atoms with Crippen LogP contribution in [0.25, 0.3) is 0 Å². The standard InChI is InChI=1S/C12H13ClN4O2/c13-9-6-14-8(5-15-9)7-17-10(18)12(16-11(17)19)3-1-2-4-12/h5-6H,1-4,7H2,(H,16,19). The molecule has 0 unspecified atom stereocenters. The molecule has 1 aliphatic carbocycles. The van der Waals surface area contributed by atoms with Crippen molar-refractivity contribution in [3.05, 3.63) is 23.2 Å². The predicted molar refractivity (Wildman–Crippen MR) is 67.3 cm³/mol. The van der Waals surface area contributed by atoms with Gasteiger partial charge in [0.15, 0.2) is 0 Å². The van der Waals surface area contributed by atoms with Gasteiger partial charge >= 0.3 is 6.03 Å². The lowest BCUT2D eigenvalue weighted by atomic mass is 9.98. The van der Waals surface area contributed by atoms with Gasteiger partial charge in [-0.3, -0.25) is 14.7 Å². The molecule has 1 aliphatic heterocycles. The van der Waals surface area contributed by atoms with E-state index in [-0.39, 0.29) is 23.6 Å². The molecule has 100 valence electrons. The molecule has 19 heavy (non-hydrogen) atoms. The zero-order valence-electron chi connectivity index (χ0n) is 10.2. The lowest BCUT2D eigenvalue weighted by molar-refractivity contribution is -0.131. The van der Waals surface area contributed by atoms with E-state index in [2.05, 4.69) is 15.3 Å². The van der Waals surface area contributed by atoms with Gasteiger partial charge in [-0.25, -0.2) is 9.78 Å². The molecule has 6 nitrogen and oxygen atoms in total. The van der Waals surface area contributed by atoms with E-state index in [0.717, 1.165) is 25.7 Å². The highest BCUT2D eigenvalue weighted by atomic mass is 35.5. The lowest BCUT2D eigenvalue weighted by Crippen LogP contribution is -2.44. The second-order valence-corrected chi connectivity index (χ2v) is 5.33. The van der Waals surface area contributed by atoms with Crippen LogP contribution in [0, 0.1) is 0 Å². The van der Waals surface area contributed by atoms with Crippen LogP contribution >= 0.6 is 11.6 Å². The minimum Gasteiger partial charge on any atom is -0.323 e. The van der Waals surface area contributed by atoms with Gasteiger partial charge in [-0.1, -0.05) is 24.4 Å². The van der Waals surface area contributed by atoms with Crippen molar-refractivity contribution in [2.24, 2.45) is 0 Å². The maximum absolute atomic E-state index is 12.4. The first-order valence-electron chi connectivity index (χ1n) is 6.21. The number of imide groups is 1. The molecule has 2 heterocycles. The number of carbonyl (C=O) groups excluding carboxylic acids is 2. The third-order valence-corrected chi connectivity index (χ3v) is 3.89. The number of halogens is 1. The average Bonchev–Trinajstić information content (AvgIpc) is 2.94. The summed E-state index contributed by atoms with van der Waals surface area (Å²) < 4.78 is 0.